The van der Waals surface area contributed by atoms with E-state index in [1.807, 2.05) is 61.1 Å². The predicted octanol–water partition coefficient (Wildman–Crippen LogP) is 6.13. The number of carbonyl (C=O) groups is 2. The summed E-state index contributed by atoms with van der Waals surface area (Å²) in [5.41, 5.74) is 5.10. The lowest BCUT2D eigenvalue weighted by atomic mass is 9.97. The number of hydrogen-bond donors (Lipinski definition) is 3. The Labute approximate surface area is 226 Å². The minimum atomic E-state index is -0.357. The number of rotatable bonds is 6. The topological polar surface area (TPSA) is 91.8 Å². The van der Waals surface area contributed by atoms with Gasteiger partial charge in [0.1, 0.15) is 5.82 Å². The van der Waals surface area contributed by atoms with E-state index in [0.29, 0.717) is 23.4 Å². The van der Waals surface area contributed by atoms with Gasteiger partial charge in [0.15, 0.2) is 5.69 Å². The van der Waals surface area contributed by atoms with Gasteiger partial charge in [-0.3, -0.25) is 14.7 Å². The Bertz CT molecular complexity index is 1710. The number of nitrogens with one attached hydrogen (secondary N) is 3. The summed E-state index contributed by atoms with van der Waals surface area (Å²) in [6.07, 6.45) is 1.81. The Morgan fingerprint density at radius 3 is 2.49 bits per heavy atom. The Morgan fingerprint density at radius 1 is 1.00 bits per heavy atom. The molecular formula is C31H32FN5O2. The summed E-state index contributed by atoms with van der Waals surface area (Å²) >= 11 is 0. The van der Waals surface area contributed by atoms with Gasteiger partial charge in [-0.05, 0) is 65.4 Å². The molecule has 200 valence electrons. The fourth-order valence-electron chi connectivity index (χ4n) is 4.69. The molecule has 0 spiro atoms. The van der Waals surface area contributed by atoms with Gasteiger partial charge in [-0.2, -0.15) is 5.10 Å². The van der Waals surface area contributed by atoms with Crippen LogP contribution in [0, 0.1) is 11.2 Å². The smallest absolute Gasteiger partial charge is 0.272 e. The van der Waals surface area contributed by atoms with Gasteiger partial charge < -0.3 is 15.2 Å². The van der Waals surface area contributed by atoms with Crippen molar-refractivity contribution in [3.63, 3.8) is 0 Å². The molecule has 2 heterocycles. The molecule has 0 saturated carbocycles. The third-order valence-corrected chi connectivity index (χ3v) is 6.82. The zero-order valence-corrected chi connectivity index (χ0v) is 22.7. The number of benzene rings is 3. The standard InChI is InChI=1S/C31H32FN5O2/c1-18(19-7-6-8-22(32)13-19)34-29(38)25-16-37(5)27-12-10-20(14-24(25)27)21-9-11-23-26(15-21)35-36-28(23)30(39)33-17-31(2,3)4/h6-16,18H,17H2,1-5H3,(H,33,39)(H,34,38)(H,35,36)/t18-/m0/s1. The molecule has 5 aromatic rings. The summed E-state index contributed by atoms with van der Waals surface area (Å²) in [6.45, 7) is 8.57. The molecule has 2 aromatic heterocycles. The number of hydrogen-bond acceptors (Lipinski definition) is 3. The van der Waals surface area contributed by atoms with Gasteiger partial charge >= 0.3 is 0 Å². The van der Waals surface area contributed by atoms with Crippen LogP contribution >= 0.6 is 0 Å². The monoisotopic (exact) mass is 525 g/mol. The average Bonchev–Trinajstić information content (AvgIpc) is 3.47. The van der Waals surface area contributed by atoms with E-state index in [1.54, 1.807) is 12.1 Å². The highest BCUT2D eigenvalue weighted by Gasteiger charge is 2.20. The maximum atomic E-state index is 13.7. The number of carbonyl (C=O) groups excluding carboxylic acids is 2. The molecule has 1 atom stereocenters. The fourth-order valence-corrected chi connectivity index (χ4v) is 4.69. The molecule has 0 aliphatic carbocycles. The molecule has 5 rings (SSSR count). The Kier molecular flexibility index (Phi) is 6.72. The molecule has 39 heavy (non-hydrogen) atoms. The Hall–Kier alpha value is -4.46. The highest BCUT2D eigenvalue weighted by atomic mass is 19.1. The molecule has 0 unspecified atom stereocenters. The average molecular weight is 526 g/mol. The Balaban J connectivity index is 1.43. The van der Waals surface area contributed by atoms with E-state index < -0.39 is 0 Å². The van der Waals surface area contributed by atoms with Crippen molar-refractivity contribution in [2.75, 3.05) is 6.54 Å². The highest BCUT2D eigenvalue weighted by Crippen LogP contribution is 2.30. The first kappa shape index (κ1) is 26.2. The van der Waals surface area contributed by atoms with Gasteiger partial charge in [0.25, 0.3) is 11.8 Å². The number of aromatic amines is 1. The lowest BCUT2D eigenvalue weighted by Crippen LogP contribution is -2.32. The summed E-state index contributed by atoms with van der Waals surface area (Å²) in [4.78, 5) is 26.0. The van der Waals surface area contributed by atoms with Gasteiger partial charge in [-0.1, -0.05) is 45.0 Å². The van der Waals surface area contributed by atoms with Crippen LogP contribution in [0.5, 0.6) is 0 Å². The normalized spacial score (nSPS) is 12.6. The summed E-state index contributed by atoms with van der Waals surface area (Å²) in [5, 5.41) is 14.7. The lowest BCUT2D eigenvalue weighted by molar-refractivity contribution is 0.0930. The van der Waals surface area contributed by atoms with E-state index in [9.17, 15) is 14.0 Å². The minimum Gasteiger partial charge on any atom is -0.350 e. The number of halogens is 1. The summed E-state index contributed by atoms with van der Waals surface area (Å²) < 4.78 is 15.6. The SMILES string of the molecule is C[C@H](NC(=O)c1cn(C)c2ccc(-c3ccc4c(C(=O)NCC(C)(C)C)n[nH]c4c3)cc12)c1cccc(F)c1. The van der Waals surface area contributed by atoms with Gasteiger partial charge in [-0.15, -0.1) is 0 Å². The van der Waals surface area contributed by atoms with E-state index in [1.165, 1.54) is 12.1 Å². The molecule has 0 radical (unpaired) electrons. The summed E-state index contributed by atoms with van der Waals surface area (Å²) in [7, 11) is 1.90. The third-order valence-electron chi connectivity index (χ3n) is 6.82. The van der Waals surface area contributed by atoms with Crippen LogP contribution in [0.4, 0.5) is 4.39 Å². The number of fused-ring (bicyclic) bond motifs is 2. The van der Waals surface area contributed by atoms with Crippen molar-refractivity contribution in [3.05, 3.63) is 89.5 Å². The van der Waals surface area contributed by atoms with Crippen LogP contribution in [-0.2, 0) is 7.05 Å². The first-order valence-corrected chi connectivity index (χ1v) is 12.9. The Morgan fingerprint density at radius 2 is 1.74 bits per heavy atom. The maximum absolute atomic E-state index is 13.7. The van der Waals surface area contributed by atoms with E-state index >= 15 is 0 Å². The van der Waals surface area contributed by atoms with E-state index in [4.69, 9.17) is 0 Å². The molecule has 0 bridgehead atoms. The summed E-state index contributed by atoms with van der Waals surface area (Å²) in [6, 6.07) is 17.7. The largest absolute Gasteiger partial charge is 0.350 e. The highest BCUT2D eigenvalue weighted by molar-refractivity contribution is 6.08. The first-order chi connectivity index (χ1) is 18.5. The molecule has 0 aliphatic rings. The zero-order chi connectivity index (χ0) is 27.9. The van der Waals surface area contributed by atoms with Gasteiger partial charge in [0, 0.05) is 36.1 Å². The second kappa shape index (κ2) is 10.0. The molecule has 3 N–H and O–H groups in total. The first-order valence-electron chi connectivity index (χ1n) is 12.9. The third kappa shape index (κ3) is 5.41. The van der Waals surface area contributed by atoms with Crippen molar-refractivity contribution in [2.24, 2.45) is 12.5 Å². The maximum Gasteiger partial charge on any atom is 0.272 e. The lowest BCUT2D eigenvalue weighted by Gasteiger charge is -2.18. The molecule has 0 fully saturated rings. The number of nitrogens with zero attached hydrogens (tertiary/aromatic N) is 2. The van der Waals surface area contributed by atoms with Crippen LogP contribution in [0.1, 0.15) is 60.1 Å². The predicted molar refractivity (Wildman–Crippen MR) is 152 cm³/mol. The van der Waals surface area contributed by atoms with Crippen LogP contribution in [0.15, 0.2) is 66.9 Å². The number of amides is 2. The van der Waals surface area contributed by atoms with Crippen LogP contribution in [0.3, 0.4) is 0 Å². The van der Waals surface area contributed by atoms with Gasteiger partial charge in [0.05, 0.1) is 17.1 Å². The fraction of sp³-hybridized carbons (Fsp3) is 0.258. The van der Waals surface area contributed by atoms with E-state index in [0.717, 1.165) is 32.9 Å². The molecule has 8 heteroatoms. The van der Waals surface area contributed by atoms with Crippen molar-refractivity contribution in [1.82, 2.24) is 25.4 Å². The minimum absolute atomic E-state index is 0.0295. The summed E-state index contributed by atoms with van der Waals surface area (Å²) in [5.74, 6) is -0.780. The van der Waals surface area contributed by atoms with Crippen molar-refractivity contribution in [1.29, 1.82) is 0 Å². The van der Waals surface area contributed by atoms with Crippen molar-refractivity contribution >= 4 is 33.6 Å². The van der Waals surface area contributed by atoms with Crippen molar-refractivity contribution < 1.29 is 14.0 Å². The second-order valence-corrected chi connectivity index (χ2v) is 11.2. The molecule has 2 amide bonds. The van der Waals surface area contributed by atoms with Gasteiger partial charge in [0.2, 0.25) is 0 Å². The van der Waals surface area contributed by atoms with Crippen LogP contribution in [0.25, 0.3) is 32.9 Å². The second-order valence-electron chi connectivity index (χ2n) is 11.2. The quantitative estimate of drug-likeness (QED) is 0.249. The molecular weight excluding hydrogens is 493 g/mol. The number of aromatic nitrogens is 3. The van der Waals surface area contributed by atoms with Crippen LogP contribution in [-0.4, -0.2) is 33.1 Å². The van der Waals surface area contributed by atoms with Crippen molar-refractivity contribution in [3.8, 4) is 11.1 Å². The van der Waals surface area contributed by atoms with Gasteiger partial charge in [-0.25, -0.2) is 4.39 Å². The van der Waals surface area contributed by atoms with Crippen LogP contribution in [0.2, 0.25) is 0 Å². The zero-order valence-electron chi connectivity index (χ0n) is 22.7. The molecule has 7 nitrogen and oxygen atoms in total. The van der Waals surface area contributed by atoms with Crippen molar-refractivity contribution in [2.45, 2.75) is 33.7 Å². The van der Waals surface area contributed by atoms with Crippen LogP contribution < -0.4 is 10.6 Å². The molecule has 0 aliphatic heterocycles. The number of H-pyrrole nitrogens is 1. The van der Waals surface area contributed by atoms with E-state index in [2.05, 4.69) is 41.6 Å². The number of aryl methyl sites for hydroxylation is 1. The molecule has 3 aromatic carbocycles. The van der Waals surface area contributed by atoms with E-state index in [-0.39, 0.29) is 29.1 Å². The molecule has 0 saturated heterocycles.